The number of nitrogens with zero attached hydrogens (tertiary/aromatic N) is 2. The zero-order chi connectivity index (χ0) is 21.8. The van der Waals surface area contributed by atoms with Crippen LogP contribution in [0.4, 0.5) is 5.13 Å². The predicted molar refractivity (Wildman–Crippen MR) is 124 cm³/mol. The van der Waals surface area contributed by atoms with E-state index in [1.54, 1.807) is 6.20 Å². The highest BCUT2D eigenvalue weighted by molar-refractivity contribution is 7.22. The van der Waals surface area contributed by atoms with Crippen molar-refractivity contribution in [3.8, 4) is 11.1 Å². The first kappa shape index (κ1) is 19.1. The van der Waals surface area contributed by atoms with Crippen LogP contribution in [0.15, 0.2) is 66.9 Å². The normalized spacial score (nSPS) is 23.8. The highest BCUT2D eigenvalue weighted by Gasteiger charge is 2.51. The molecule has 2 heterocycles. The smallest absolute Gasteiger partial charge is 0.307 e. The molecule has 2 aliphatic rings. The molecule has 7 heteroatoms. The molecule has 0 radical (unpaired) electrons. The van der Waals surface area contributed by atoms with E-state index in [-0.39, 0.29) is 17.7 Å². The van der Waals surface area contributed by atoms with Gasteiger partial charge >= 0.3 is 5.97 Å². The van der Waals surface area contributed by atoms with Gasteiger partial charge in [0.1, 0.15) is 0 Å². The van der Waals surface area contributed by atoms with Crippen LogP contribution in [-0.2, 0) is 9.59 Å². The molecule has 4 atom stereocenters. The zero-order valence-electron chi connectivity index (χ0n) is 16.9. The zero-order valence-corrected chi connectivity index (χ0v) is 17.8. The van der Waals surface area contributed by atoms with Crippen LogP contribution in [0.5, 0.6) is 0 Å². The first-order valence-corrected chi connectivity index (χ1v) is 11.4. The Bertz CT molecular complexity index is 1430. The summed E-state index contributed by atoms with van der Waals surface area (Å²) in [6, 6.07) is 16.2. The second-order valence-corrected chi connectivity index (χ2v) is 9.47. The molecule has 2 bridgehead atoms. The van der Waals surface area contributed by atoms with Crippen LogP contribution in [0, 0.1) is 23.7 Å². The number of carbonyl (C=O) groups is 2. The van der Waals surface area contributed by atoms with Crippen molar-refractivity contribution in [1.29, 1.82) is 0 Å². The highest BCUT2D eigenvalue weighted by atomic mass is 32.1. The van der Waals surface area contributed by atoms with E-state index in [0.29, 0.717) is 5.13 Å². The molecule has 1 fully saturated rings. The van der Waals surface area contributed by atoms with Crippen LogP contribution in [-0.4, -0.2) is 27.0 Å². The topological polar surface area (TPSA) is 92.2 Å². The van der Waals surface area contributed by atoms with Crippen LogP contribution in [0.25, 0.3) is 32.2 Å². The number of hydrogen-bond acceptors (Lipinski definition) is 5. The van der Waals surface area contributed by atoms with Crippen LogP contribution in [0.1, 0.15) is 6.42 Å². The molecule has 2 aromatic carbocycles. The van der Waals surface area contributed by atoms with Crippen LogP contribution in [0.2, 0.25) is 0 Å². The maximum absolute atomic E-state index is 13.0. The molecule has 2 N–H and O–H groups in total. The van der Waals surface area contributed by atoms with Gasteiger partial charge < -0.3 is 10.4 Å². The Hall–Kier alpha value is -3.58. The molecular weight excluding hydrogens is 422 g/mol. The Morgan fingerprint density at radius 2 is 1.72 bits per heavy atom. The minimum Gasteiger partial charge on any atom is -0.481 e. The number of benzene rings is 2. The summed E-state index contributed by atoms with van der Waals surface area (Å²) < 4.78 is 0.965. The summed E-state index contributed by atoms with van der Waals surface area (Å²) in [6.07, 6.45) is 6.44. The predicted octanol–water partition coefficient (Wildman–Crippen LogP) is 4.97. The standard InChI is InChI=1S/C25H19N3O3S/c29-23(21-16-3-4-17(11-16)22(21)24(30)31)28-25-27-19-8-6-14(12-20(19)32-25)13-5-7-18-15(10-13)2-1-9-26-18/h1-10,12,16-17,21-22H,11H2,(H,30,31)(H,27,28,29)/t16?,17?,21-,22+/m1/s1. The summed E-state index contributed by atoms with van der Waals surface area (Å²) >= 11 is 1.41. The van der Waals surface area contributed by atoms with Crippen molar-refractivity contribution in [3.05, 3.63) is 66.9 Å². The van der Waals surface area contributed by atoms with Crippen molar-refractivity contribution >= 4 is 49.5 Å². The monoisotopic (exact) mass is 441 g/mol. The number of aromatic nitrogens is 2. The number of carboxylic acids is 1. The van der Waals surface area contributed by atoms with Crippen molar-refractivity contribution in [2.75, 3.05) is 5.32 Å². The minimum atomic E-state index is -0.901. The summed E-state index contributed by atoms with van der Waals surface area (Å²) in [5.74, 6) is -2.42. The van der Waals surface area contributed by atoms with Gasteiger partial charge in [0.15, 0.2) is 5.13 Å². The molecule has 32 heavy (non-hydrogen) atoms. The highest BCUT2D eigenvalue weighted by Crippen LogP contribution is 2.48. The number of fused-ring (bicyclic) bond motifs is 4. The molecule has 158 valence electrons. The number of rotatable bonds is 4. The van der Waals surface area contributed by atoms with Gasteiger partial charge in [0, 0.05) is 11.6 Å². The summed E-state index contributed by atoms with van der Waals surface area (Å²) in [5.41, 5.74) is 3.91. The Balaban J connectivity index is 1.28. The molecule has 0 saturated heterocycles. The van der Waals surface area contributed by atoms with Gasteiger partial charge in [-0.15, -0.1) is 0 Å². The van der Waals surface area contributed by atoms with Crippen molar-refractivity contribution in [1.82, 2.24) is 9.97 Å². The molecule has 2 unspecified atom stereocenters. The Morgan fingerprint density at radius 1 is 0.969 bits per heavy atom. The maximum Gasteiger partial charge on any atom is 0.307 e. The third-order valence-electron chi connectivity index (χ3n) is 6.60. The summed E-state index contributed by atoms with van der Waals surface area (Å²) in [4.78, 5) is 33.6. The molecule has 6 nitrogen and oxygen atoms in total. The second kappa shape index (κ2) is 7.24. The fourth-order valence-electron chi connectivity index (χ4n) is 5.12. The molecule has 2 aromatic heterocycles. The van der Waals surface area contributed by atoms with E-state index >= 15 is 0 Å². The lowest BCUT2D eigenvalue weighted by Crippen LogP contribution is -2.36. The van der Waals surface area contributed by atoms with Gasteiger partial charge in [-0.25, -0.2) is 4.98 Å². The lowest BCUT2D eigenvalue weighted by atomic mass is 9.82. The van der Waals surface area contributed by atoms with Crippen LogP contribution < -0.4 is 5.32 Å². The van der Waals surface area contributed by atoms with Gasteiger partial charge in [-0.3, -0.25) is 14.6 Å². The number of amides is 1. The van der Waals surface area contributed by atoms with E-state index in [1.807, 2.05) is 42.5 Å². The van der Waals surface area contributed by atoms with Gasteiger partial charge in [0.05, 0.1) is 27.6 Å². The average molecular weight is 442 g/mol. The van der Waals surface area contributed by atoms with Gasteiger partial charge in [0.25, 0.3) is 0 Å². The third kappa shape index (κ3) is 3.08. The lowest BCUT2D eigenvalue weighted by Gasteiger charge is -2.23. The number of nitrogens with one attached hydrogen (secondary N) is 1. The summed E-state index contributed by atoms with van der Waals surface area (Å²) in [5, 5.41) is 14.1. The second-order valence-electron chi connectivity index (χ2n) is 8.44. The van der Waals surface area contributed by atoms with E-state index < -0.39 is 17.8 Å². The number of thiazole rings is 1. The molecule has 1 saturated carbocycles. The number of carbonyl (C=O) groups excluding carboxylic acids is 1. The average Bonchev–Trinajstić information content (AvgIpc) is 3.52. The van der Waals surface area contributed by atoms with Gasteiger partial charge in [-0.05, 0) is 59.7 Å². The fraction of sp³-hybridized carbons (Fsp3) is 0.200. The first-order valence-electron chi connectivity index (χ1n) is 10.5. The number of allylic oxidation sites excluding steroid dienone is 2. The van der Waals surface area contributed by atoms with Crippen LogP contribution >= 0.6 is 11.3 Å². The van der Waals surface area contributed by atoms with E-state index in [0.717, 1.165) is 38.7 Å². The SMILES string of the molecule is O=C(Nc1nc2ccc(-c3ccc4ncccc4c3)cc2s1)[C@@H]1C2C=CC(C2)[C@@H]1C(=O)O. The van der Waals surface area contributed by atoms with Gasteiger partial charge in [-0.1, -0.05) is 41.7 Å². The Labute approximate surface area is 187 Å². The van der Waals surface area contributed by atoms with Crippen molar-refractivity contribution < 1.29 is 14.7 Å². The van der Waals surface area contributed by atoms with E-state index in [9.17, 15) is 14.7 Å². The van der Waals surface area contributed by atoms with Crippen molar-refractivity contribution in [3.63, 3.8) is 0 Å². The number of carboxylic acid groups (broad SMARTS) is 1. The van der Waals surface area contributed by atoms with E-state index in [4.69, 9.17) is 0 Å². The maximum atomic E-state index is 13.0. The van der Waals surface area contributed by atoms with E-state index in [1.165, 1.54) is 11.3 Å². The van der Waals surface area contributed by atoms with Crippen molar-refractivity contribution in [2.45, 2.75) is 6.42 Å². The van der Waals surface area contributed by atoms with Crippen molar-refractivity contribution in [2.24, 2.45) is 23.7 Å². The largest absolute Gasteiger partial charge is 0.481 e. The molecular formula is C25H19N3O3S. The Kier molecular flexibility index (Phi) is 4.33. The molecule has 6 rings (SSSR count). The minimum absolute atomic E-state index is 0.00975. The van der Waals surface area contributed by atoms with Gasteiger partial charge in [0.2, 0.25) is 5.91 Å². The van der Waals surface area contributed by atoms with Gasteiger partial charge in [-0.2, -0.15) is 0 Å². The third-order valence-corrected chi connectivity index (χ3v) is 7.54. The lowest BCUT2D eigenvalue weighted by molar-refractivity contribution is -0.146. The molecule has 2 aliphatic carbocycles. The first-order chi connectivity index (χ1) is 15.6. The fourth-order valence-corrected chi connectivity index (χ4v) is 6.03. The molecule has 0 spiro atoms. The van der Waals surface area contributed by atoms with Crippen LogP contribution in [0.3, 0.4) is 0 Å². The number of aliphatic carboxylic acids is 1. The molecule has 4 aromatic rings. The summed E-state index contributed by atoms with van der Waals surface area (Å²) in [7, 11) is 0. The number of hydrogen-bond donors (Lipinski definition) is 2. The molecule has 0 aliphatic heterocycles. The summed E-state index contributed by atoms with van der Waals surface area (Å²) in [6.45, 7) is 0. The quantitative estimate of drug-likeness (QED) is 0.436. The van der Waals surface area contributed by atoms with E-state index in [2.05, 4.69) is 33.5 Å². The number of pyridine rings is 1. The number of anilines is 1. The molecule has 1 amide bonds. The Morgan fingerprint density at radius 3 is 2.53 bits per heavy atom.